The average Bonchev–Trinajstić information content (AvgIpc) is 2.13. The van der Waals surface area contributed by atoms with Crippen LogP contribution in [0.2, 0.25) is 0 Å². The molecule has 5 heteroatoms. The monoisotopic (exact) mass is 249 g/mol. The van der Waals surface area contributed by atoms with Gasteiger partial charge in [0.2, 0.25) is 0 Å². The smallest absolute Gasteiger partial charge is 0.195 e. The Labute approximate surface area is 83.4 Å². The van der Waals surface area contributed by atoms with Crippen LogP contribution in [-0.2, 0) is 0 Å². The number of phenols is 1. The second-order valence-corrected chi connectivity index (χ2v) is 3.20. The largest absolute Gasteiger partial charge is 0.502 e. The van der Waals surface area contributed by atoms with E-state index in [-0.39, 0.29) is 16.8 Å². The molecule has 0 saturated carbocycles. The molecule has 0 unspecified atom stereocenters. The molecule has 0 aliphatic heterocycles. The average molecular weight is 250 g/mol. The van der Waals surface area contributed by atoms with Crippen molar-refractivity contribution in [2.24, 2.45) is 5.73 Å². The third-order valence-corrected chi connectivity index (χ3v) is 2.02. The Morgan fingerprint density at radius 2 is 2.23 bits per heavy atom. The number of phenolic OH excluding ortho intramolecular Hbond substituents is 1. The van der Waals surface area contributed by atoms with Gasteiger partial charge in [-0.2, -0.15) is 0 Å². The fourth-order valence-corrected chi connectivity index (χ4v) is 1.13. The number of halogens is 2. The van der Waals surface area contributed by atoms with Crippen molar-refractivity contribution in [3.63, 3.8) is 0 Å². The van der Waals surface area contributed by atoms with Crippen molar-refractivity contribution >= 4 is 15.9 Å². The predicted molar refractivity (Wildman–Crippen MR) is 50.3 cm³/mol. The first-order chi connectivity index (χ1) is 6.16. The topological polar surface area (TPSA) is 55.5 Å². The summed E-state index contributed by atoms with van der Waals surface area (Å²) in [6, 6.07) is 2.93. The van der Waals surface area contributed by atoms with Crippen molar-refractivity contribution in [1.82, 2.24) is 0 Å². The van der Waals surface area contributed by atoms with Crippen LogP contribution in [0.1, 0.15) is 0 Å². The van der Waals surface area contributed by atoms with Gasteiger partial charge in [-0.1, -0.05) is 0 Å². The van der Waals surface area contributed by atoms with Crippen molar-refractivity contribution < 1.29 is 14.2 Å². The van der Waals surface area contributed by atoms with Crippen LogP contribution in [0.5, 0.6) is 11.5 Å². The van der Waals surface area contributed by atoms with Crippen molar-refractivity contribution in [1.29, 1.82) is 0 Å². The highest BCUT2D eigenvalue weighted by molar-refractivity contribution is 9.10. The van der Waals surface area contributed by atoms with Crippen LogP contribution in [0.25, 0.3) is 0 Å². The molecule has 0 aliphatic carbocycles. The molecule has 0 atom stereocenters. The van der Waals surface area contributed by atoms with Crippen LogP contribution >= 0.6 is 15.9 Å². The molecule has 3 N–H and O–H groups in total. The van der Waals surface area contributed by atoms with Gasteiger partial charge in [-0.3, -0.25) is 0 Å². The van der Waals surface area contributed by atoms with E-state index in [9.17, 15) is 9.50 Å². The van der Waals surface area contributed by atoms with E-state index in [0.29, 0.717) is 6.54 Å². The molecule has 1 rings (SSSR count). The Morgan fingerprint density at radius 1 is 1.54 bits per heavy atom. The molecule has 3 nitrogen and oxygen atoms in total. The molecule has 0 bridgehead atoms. The number of aromatic hydroxyl groups is 1. The van der Waals surface area contributed by atoms with E-state index in [0.717, 1.165) is 0 Å². The van der Waals surface area contributed by atoms with Crippen molar-refractivity contribution in [2.45, 2.75) is 0 Å². The van der Waals surface area contributed by atoms with Crippen LogP contribution in [0, 0.1) is 5.82 Å². The van der Waals surface area contributed by atoms with Crippen LogP contribution in [0.4, 0.5) is 4.39 Å². The molecule has 0 radical (unpaired) electrons. The minimum atomic E-state index is -0.727. The van der Waals surface area contributed by atoms with Gasteiger partial charge in [0, 0.05) is 6.54 Å². The lowest BCUT2D eigenvalue weighted by molar-refractivity contribution is 0.301. The summed E-state index contributed by atoms with van der Waals surface area (Å²) in [5, 5.41) is 9.23. The molecule has 0 aliphatic rings. The summed E-state index contributed by atoms with van der Waals surface area (Å²) in [7, 11) is 0. The van der Waals surface area contributed by atoms with E-state index in [1.165, 1.54) is 12.1 Å². The van der Waals surface area contributed by atoms with Crippen molar-refractivity contribution in [3.8, 4) is 11.5 Å². The Hall–Kier alpha value is -0.810. The van der Waals surface area contributed by atoms with Gasteiger partial charge in [0.05, 0.1) is 4.47 Å². The third-order valence-electron chi connectivity index (χ3n) is 1.41. The van der Waals surface area contributed by atoms with Gasteiger partial charge in [-0.15, -0.1) is 0 Å². The molecule has 0 aromatic heterocycles. The van der Waals surface area contributed by atoms with Gasteiger partial charge in [-0.25, -0.2) is 4.39 Å². The minimum absolute atomic E-state index is 0.103. The highest BCUT2D eigenvalue weighted by Gasteiger charge is 2.11. The third kappa shape index (κ3) is 2.32. The fraction of sp³-hybridized carbons (Fsp3) is 0.250. The highest BCUT2D eigenvalue weighted by atomic mass is 79.9. The zero-order valence-electron chi connectivity index (χ0n) is 6.76. The summed E-state index contributed by atoms with van der Waals surface area (Å²) < 4.78 is 18.2. The predicted octanol–water partition coefficient (Wildman–Crippen LogP) is 1.63. The number of rotatable bonds is 3. The Morgan fingerprint density at radius 3 is 2.85 bits per heavy atom. The van der Waals surface area contributed by atoms with E-state index in [2.05, 4.69) is 15.9 Å². The summed E-state index contributed by atoms with van der Waals surface area (Å²) in [5.41, 5.74) is 5.18. The first kappa shape index (κ1) is 10.3. The van der Waals surface area contributed by atoms with Gasteiger partial charge >= 0.3 is 0 Å². The van der Waals surface area contributed by atoms with Gasteiger partial charge in [-0.05, 0) is 28.1 Å². The molecular weight excluding hydrogens is 241 g/mol. The summed E-state index contributed by atoms with van der Waals surface area (Å²) in [6.07, 6.45) is 0. The quantitative estimate of drug-likeness (QED) is 0.857. The minimum Gasteiger partial charge on any atom is -0.502 e. The molecule has 72 valence electrons. The SMILES string of the molecule is NCCOc1ccc(Br)c(F)c1O. The summed E-state index contributed by atoms with van der Waals surface area (Å²) in [4.78, 5) is 0. The molecule has 1 aromatic carbocycles. The maximum atomic E-state index is 13.0. The summed E-state index contributed by atoms with van der Waals surface area (Å²) in [5.74, 6) is -1.12. The van der Waals surface area contributed by atoms with Crippen molar-refractivity contribution in [3.05, 3.63) is 22.4 Å². The zero-order valence-corrected chi connectivity index (χ0v) is 8.34. The zero-order chi connectivity index (χ0) is 9.84. The lowest BCUT2D eigenvalue weighted by Crippen LogP contribution is -2.10. The molecular formula is C8H9BrFNO2. The molecule has 0 amide bonds. The molecule has 0 saturated heterocycles. The van der Waals surface area contributed by atoms with E-state index >= 15 is 0 Å². The van der Waals surface area contributed by atoms with E-state index in [1.807, 2.05) is 0 Å². The van der Waals surface area contributed by atoms with Gasteiger partial charge in [0.25, 0.3) is 0 Å². The number of ether oxygens (including phenoxy) is 1. The summed E-state index contributed by atoms with van der Waals surface area (Å²) >= 11 is 2.93. The van der Waals surface area contributed by atoms with E-state index < -0.39 is 11.6 Å². The van der Waals surface area contributed by atoms with Crippen LogP contribution < -0.4 is 10.5 Å². The second-order valence-electron chi connectivity index (χ2n) is 2.35. The molecule has 0 spiro atoms. The second kappa shape index (κ2) is 4.43. The molecule has 1 aromatic rings. The van der Waals surface area contributed by atoms with Crippen LogP contribution in [0.3, 0.4) is 0 Å². The first-order valence-electron chi connectivity index (χ1n) is 3.66. The molecule has 13 heavy (non-hydrogen) atoms. The van der Waals surface area contributed by atoms with E-state index in [1.54, 1.807) is 0 Å². The number of nitrogens with two attached hydrogens (primary N) is 1. The highest BCUT2D eigenvalue weighted by Crippen LogP contribution is 2.33. The molecule has 0 heterocycles. The maximum absolute atomic E-state index is 13.0. The van der Waals surface area contributed by atoms with Gasteiger partial charge < -0.3 is 15.6 Å². The number of hydrogen-bond donors (Lipinski definition) is 2. The first-order valence-corrected chi connectivity index (χ1v) is 4.46. The van der Waals surface area contributed by atoms with Crippen LogP contribution in [0.15, 0.2) is 16.6 Å². The number of hydrogen-bond acceptors (Lipinski definition) is 3. The maximum Gasteiger partial charge on any atom is 0.195 e. The normalized spacial score (nSPS) is 10.1. The Kier molecular flexibility index (Phi) is 3.50. The Bertz CT molecular complexity index is 306. The standard InChI is InChI=1S/C8H9BrFNO2/c9-5-1-2-6(13-4-3-11)8(12)7(5)10/h1-2,12H,3-4,11H2. The van der Waals surface area contributed by atoms with Gasteiger partial charge in [0.15, 0.2) is 17.3 Å². The Balaban J connectivity index is 2.90. The van der Waals surface area contributed by atoms with Gasteiger partial charge in [0.1, 0.15) is 6.61 Å². The van der Waals surface area contributed by atoms with E-state index in [4.69, 9.17) is 10.5 Å². The van der Waals surface area contributed by atoms with Crippen molar-refractivity contribution in [2.75, 3.05) is 13.2 Å². The fourth-order valence-electron chi connectivity index (χ4n) is 0.808. The van der Waals surface area contributed by atoms with Crippen LogP contribution in [-0.4, -0.2) is 18.3 Å². The lowest BCUT2D eigenvalue weighted by Gasteiger charge is -2.07. The number of benzene rings is 1. The molecule has 0 fully saturated rings. The lowest BCUT2D eigenvalue weighted by atomic mass is 10.3. The summed E-state index contributed by atoms with van der Waals surface area (Å²) in [6.45, 7) is 0.561.